The summed E-state index contributed by atoms with van der Waals surface area (Å²) in [5.41, 5.74) is 1.14. The molecule has 1 N–H and O–H groups in total. The first kappa shape index (κ1) is 18.4. The van der Waals surface area contributed by atoms with E-state index in [2.05, 4.69) is 25.6 Å². The number of hydrogen-bond acceptors (Lipinski definition) is 4. The third kappa shape index (κ3) is 4.06. The van der Waals surface area contributed by atoms with Crippen molar-refractivity contribution >= 4 is 26.0 Å². The number of ether oxygens (including phenoxy) is 1. The van der Waals surface area contributed by atoms with Crippen LogP contribution in [-0.2, 0) is 10.0 Å². The SMILES string of the molecule is COc1ccc(Br)cc1S(=O)(=O)N[C@@H]1CN(C)C[C@H]1c1ccccc1. The fraction of sp³-hybridized carbons (Fsp3) is 0.333. The van der Waals surface area contributed by atoms with Gasteiger partial charge in [0.2, 0.25) is 10.0 Å². The molecule has 0 radical (unpaired) electrons. The molecule has 0 spiro atoms. The predicted octanol–water partition coefficient (Wildman–Crippen LogP) is 2.83. The summed E-state index contributed by atoms with van der Waals surface area (Å²) in [5, 5.41) is 0. The third-order valence-corrected chi connectivity index (χ3v) is 6.46. The maximum Gasteiger partial charge on any atom is 0.244 e. The van der Waals surface area contributed by atoms with Crippen molar-refractivity contribution in [1.29, 1.82) is 0 Å². The van der Waals surface area contributed by atoms with Gasteiger partial charge in [-0.15, -0.1) is 0 Å². The number of nitrogens with zero attached hydrogens (tertiary/aromatic N) is 1. The highest BCUT2D eigenvalue weighted by Crippen LogP contribution is 2.31. The van der Waals surface area contributed by atoms with Crippen LogP contribution in [0.15, 0.2) is 57.9 Å². The van der Waals surface area contributed by atoms with Crippen molar-refractivity contribution < 1.29 is 13.2 Å². The third-order valence-electron chi connectivity index (χ3n) is 4.45. The second-order valence-electron chi connectivity index (χ2n) is 6.26. The smallest absolute Gasteiger partial charge is 0.244 e. The molecule has 1 heterocycles. The summed E-state index contributed by atoms with van der Waals surface area (Å²) in [6.45, 7) is 1.47. The highest BCUT2D eigenvalue weighted by molar-refractivity contribution is 9.10. The fourth-order valence-electron chi connectivity index (χ4n) is 3.28. The van der Waals surface area contributed by atoms with Gasteiger partial charge in [0.05, 0.1) is 7.11 Å². The van der Waals surface area contributed by atoms with Gasteiger partial charge in [0.15, 0.2) is 0 Å². The molecule has 134 valence electrons. The van der Waals surface area contributed by atoms with Gasteiger partial charge in [0.1, 0.15) is 10.6 Å². The average Bonchev–Trinajstić information content (AvgIpc) is 2.95. The van der Waals surface area contributed by atoms with Crippen molar-refractivity contribution in [3.05, 3.63) is 58.6 Å². The Bertz CT molecular complexity index is 843. The van der Waals surface area contributed by atoms with Gasteiger partial charge in [-0.2, -0.15) is 0 Å². The van der Waals surface area contributed by atoms with Crippen LogP contribution in [0.4, 0.5) is 0 Å². The molecule has 2 atom stereocenters. The van der Waals surface area contributed by atoms with Crippen LogP contribution in [0, 0.1) is 0 Å². The van der Waals surface area contributed by atoms with E-state index in [1.807, 2.05) is 37.4 Å². The maximum absolute atomic E-state index is 13.0. The summed E-state index contributed by atoms with van der Waals surface area (Å²) in [4.78, 5) is 2.29. The van der Waals surface area contributed by atoms with E-state index < -0.39 is 10.0 Å². The standard InChI is InChI=1S/C18H21BrN2O3S/c1-21-11-15(13-6-4-3-5-7-13)16(12-21)20-25(22,23)18-10-14(19)8-9-17(18)24-2/h3-10,15-16,20H,11-12H2,1-2H3/t15-,16+/m0/s1. The van der Waals surface area contributed by atoms with E-state index in [1.54, 1.807) is 18.2 Å². The second kappa shape index (κ2) is 7.45. The Balaban J connectivity index is 1.91. The Morgan fingerprint density at radius 2 is 1.88 bits per heavy atom. The number of rotatable bonds is 5. The minimum Gasteiger partial charge on any atom is -0.495 e. The van der Waals surface area contributed by atoms with Crippen molar-refractivity contribution in [1.82, 2.24) is 9.62 Å². The van der Waals surface area contributed by atoms with Crippen molar-refractivity contribution in [2.24, 2.45) is 0 Å². The first-order valence-corrected chi connectivity index (χ1v) is 10.3. The molecule has 2 aromatic carbocycles. The van der Waals surface area contributed by atoms with Crippen LogP contribution in [0.1, 0.15) is 11.5 Å². The van der Waals surface area contributed by atoms with Gasteiger partial charge in [0.25, 0.3) is 0 Å². The lowest BCUT2D eigenvalue weighted by atomic mass is 9.95. The summed E-state index contributed by atoms with van der Waals surface area (Å²) < 4.78 is 34.8. The molecule has 0 amide bonds. The van der Waals surface area contributed by atoms with Crippen LogP contribution in [0.25, 0.3) is 0 Å². The molecule has 1 aliphatic heterocycles. The summed E-state index contributed by atoms with van der Waals surface area (Å²) in [7, 11) is -0.230. The lowest BCUT2D eigenvalue weighted by Crippen LogP contribution is -2.39. The van der Waals surface area contributed by atoms with Crippen molar-refractivity contribution in [3.63, 3.8) is 0 Å². The number of sulfonamides is 1. The number of nitrogens with one attached hydrogen (secondary N) is 1. The van der Waals surface area contributed by atoms with Gasteiger partial charge in [0, 0.05) is 29.5 Å². The van der Waals surface area contributed by atoms with E-state index in [0.717, 1.165) is 12.1 Å². The zero-order chi connectivity index (χ0) is 18.0. The molecule has 0 saturated carbocycles. The summed E-state index contributed by atoms with van der Waals surface area (Å²) in [6, 6.07) is 14.8. The van der Waals surface area contributed by atoms with Crippen LogP contribution in [-0.4, -0.2) is 46.6 Å². The lowest BCUT2D eigenvalue weighted by molar-refractivity contribution is 0.399. The topological polar surface area (TPSA) is 58.6 Å². The number of likely N-dealkylation sites (tertiary alicyclic amines) is 1. The number of methoxy groups -OCH3 is 1. The summed E-state index contributed by atoms with van der Waals surface area (Å²) >= 11 is 3.33. The zero-order valence-corrected chi connectivity index (χ0v) is 16.5. The van der Waals surface area contributed by atoms with E-state index in [4.69, 9.17) is 4.74 Å². The minimum atomic E-state index is -3.70. The van der Waals surface area contributed by atoms with Gasteiger partial charge in [-0.05, 0) is 30.8 Å². The average molecular weight is 425 g/mol. The molecular weight excluding hydrogens is 404 g/mol. The van der Waals surface area contributed by atoms with Gasteiger partial charge in [-0.3, -0.25) is 0 Å². The maximum atomic E-state index is 13.0. The number of halogens is 1. The highest BCUT2D eigenvalue weighted by atomic mass is 79.9. The summed E-state index contributed by atoms with van der Waals surface area (Å²) in [5.74, 6) is 0.442. The first-order valence-electron chi connectivity index (χ1n) is 8.00. The van der Waals surface area contributed by atoms with E-state index in [0.29, 0.717) is 16.8 Å². The van der Waals surface area contributed by atoms with Crippen molar-refractivity contribution in [2.45, 2.75) is 16.9 Å². The Labute approximate surface area is 157 Å². The first-order chi connectivity index (χ1) is 11.9. The largest absolute Gasteiger partial charge is 0.495 e. The van der Waals surface area contributed by atoms with Crippen LogP contribution in [0.2, 0.25) is 0 Å². The number of hydrogen-bond donors (Lipinski definition) is 1. The molecule has 1 fully saturated rings. The number of likely N-dealkylation sites (N-methyl/N-ethyl adjacent to an activating group) is 1. The van der Waals surface area contributed by atoms with Gasteiger partial charge in [-0.1, -0.05) is 46.3 Å². The van der Waals surface area contributed by atoms with Gasteiger partial charge >= 0.3 is 0 Å². The molecule has 7 heteroatoms. The second-order valence-corrected chi connectivity index (χ2v) is 8.86. The van der Waals surface area contributed by atoms with E-state index >= 15 is 0 Å². The minimum absolute atomic E-state index is 0.110. The Kier molecular flexibility index (Phi) is 5.48. The molecule has 0 unspecified atom stereocenters. The molecular formula is C18H21BrN2O3S. The number of benzene rings is 2. The van der Waals surface area contributed by atoms with Crippen LogP contribution >= 0.6 is 15.9 Å². The zero-order valence-electron chi connectivity index (χ0n) is 14.1. The summed E-state index contributed by atoms with van der Waals surface area (Å²) in [6.07, 6.45) is 0. The molecule has 1 aliphatic rings. The lowest BCUT2D eigenvalue weighted by Gasteiger charge is -2.21. The van der Waals surface area contributed by atoms with E-state index in [-0.39, 0.29) is 16.9 Å². The molecule has 0 bridgehead atoms. The van der Waals surface area contributed by atoms with Gasteiger partial charge in [-0.25, -0.2) is 13.1 Å². The fourth-order valence-corrected chi connectivity index (χ4v) is 5.26. The van der Waals surface area contributed by atoms with Crippen LogP contribution in [0.5, 0.6) is 5.75 Å². The molecule has 3 rings (SSSR count). The monoisotopic (exact) mass is 424 g/mol. The molecule has 1 saturated heterocycles. The molecule has 2 aromatic rings. The Morgan fingerprint density at radius 1 is 1.16 bits per heavy atom. The molecule has 25 heavy (non-hydrogen) atoms. The molecule has 0 aromatic heterocycles. The Morgan fingerprint density at radius 3 is 2.56 bits per heavy atom. The van der Waals surface area contributed by atoms with Crippen molar-refractivity contribution in [3.8, 4) is 5.75 Å². The van der Waals surface area contributed by atoms with Crippen LogP contribution < -0.4 is 9.46 Å². The Hall–Kier alpha value is -1.41. The van der Waals surface area contributed by atoms with E-state index in [9.17, 15) is 8.42 Å². The quantitative estimate of drug-likeness (QED) is 0.801. The molecule has 5 nitrogen and oxygen atoms in total. The van der Waals surface area contributed by atoms with Gasteiger partial charge < -0.3 is 9.64 Å². The predicted molar refractivity (Wildman–Crippen MR) is 101 cm³/mol. The molecule has 0 aliphatic carbocycles. The van der Waals surface area contributed by atoms with Crippen molar-refractivity contribution in [2.75, 3.05) is 27.2 Å². The highest BCUT2D eigenvalue weighted by Gasteiger charge is 2.35. The van der Waals surface area contributed by atoms with Crippen LogP contribution in [0.3, 0.4) is 0 Å². The normalized spacial score (nSPS) is 21.4. The van der Waals surface area contributed by atoms with E-state index in [1.165, 1.54) is 7.11 Å².